The first-order chi connectivity index (χ1) is 22.0. The van der Waals surface area contributed by atoms with Crippen molar-refractivity contribution in [1.82, 2.24) is 15.6 Å². The topological polar surface area (TPSA) is 178 Å². The van der Waals surface area contributed by atoms with Gasteiger partial charge in [-0.2, -0.15) is 0 Å². The van der Waals surface area contributed by atoms with E-state index in [0.717, 1.165) is 11.1 Å². The van der Waals surface area contributed by atoms with Gasteiger partial charge in [-0.3, -0.25) is 14.4 Å². The summed E-state index contributed by atoms with van der Waals surface area (Å²) in [5.41, 5.74) is 4.51. The van der Waals surface area contributed by atoms with Crippen LogP contribution in [0.3, 0.4) is 0 Å². The molecular formula is C35H32N4O7. The number of aliphatic carboxylic acids is 2. The second-order valence-electron chi connectivity index (χ2n) is 11.0. The fraction of sp³-hybridized carbons (Fsp3) is 0.171. The van der Waals surface area contributed by atoms with E-state index in [2.05, 4.69) is 20.9 Å². The molecule has 0 radical (unpaired) electrons. The number of aromatic nitrogens is 1. The Labute approximate surface area is 264 Å². The van der Waals surface area contributed by atoms with E-state index in [1.165, 1.54) is 12.1 Å². The van der Waals surface area contributed by atoms with Crippen LogP contribution in [0.2, 0.25) is 0 Å². The second kappa shape index (κ2) is 13.3. The highest BCUT2D eigenvalue weighted by Crippen LogP contribution is 2.35. The summed E-state index contributed by atoms with van der Waals surface area (Å²) in [6.45, 7) is 3.37. The van der Waals surface area contributed by atoms with E-state index in [9.17, 15) is 34.2 Å². The standard InChI is InChI=1S/C35H32N4O7/c1-19-27(36-20(2)30(19)33(42)39-29(35(45)46)16-22-11-7-4-8-12-22)18-25-24-17-23(13-14-26(24)37-32(25)41)31(40)38-28(34(43)44)15-21-9-5-3-6-10-21/h3-14,17-18,28-29,36H,15-16H2,1-2H3,(H,37,41)(H,38,40)(H,39,42)(H,43,44)(H,45,46)/b25-18-/t28-,29-/m0/s1. The maximum atomic E-state index is 13.3. The van der Waals surface area contributed by atoms with Gasteiger partial charge in [0.2, 0.25) is 0 Å². The van der Waals surface area contributed by atoms with Crippen molar-refractivity contribution in [3.63, 3.8) is 0 Å². The highest BCUT2D eigenvalue weighted by molar-refractivity contribution is 6.35. The Morgan fingerprint density at radius 3 is 1.87 bits per heavy atom. The lowest BCUT2D eigenvalue weighted by Gasteiger charge is -2.15. The third kappa shape index (κ3) is 6.88. The molecule has 11 heteroatoms. The van der Waals surface area contributed by atoms with Gasteiger partial charge in [-0.1, -0.05) is 60.7 Å². The van der Waals surface area contributed by atoms with Crippen LogP contribution in [0, 0.1) is 13.8 Å². The zero-order valence-corrected chi connectivity index (χ0v) is 25.1. The molecule has 234 valence electrons. The minimum Gasteiger partial charge on any atom is -0.480 e. The first-order valence-corrected chi connectivity index (χ1v) is 14.5. The number of carboxylic acid groups (broad SMARTS) is 2. The molecule has 3 amide bonds. The van der Waals surface area contributed by atoms with Crippen molar-refractivity contribution in [2.24, 2.45) is 0 Å². The molecule has 11 nitrogen and oxygen atoms in total. The number of aryl methyl sites for hydroxylation is 1. The van der Waals surface area contributed by atoms with E-state index in [1.807, 2.05) is 12.1 Å². The number of rotatable bonds is 11. The third-order valence-corrected chi connectivity index (χ3v) is 7.83. The van der Waals surface area contributed by atoms with E-state index in [-0.39, 0.29) is 29.5 Å². The van der Waals surface area contributed by atoms with E-state index in [0.29, 0.717) is 28.2 Å². The summed E-state index contributed by atoms with van der Waals surface area (Å²) in [6.07, 6.45) is 1.77. The molecule has 1 aromatic heterocycles. The minimum atomic E-state index is -1.18. The summed E-state index contributed by atoms with van der Waals surface area (Å²) >= 11 is 0. The zero-order valence-electron chi connectivity index (χ0n) is 25.1. The van der Waals surface area contributed by atoms with Gasteiger partial charge >= 0.3 is 11.9 Å². The number of benzene rings is 3. The lowest BCUT2D eigenvalue weighted by atomic mass is 10.0. The Bertz CT molecular complexity index is 1860. The van der Waals surface area contributed by atoms with Crippen LogP contribution in [0.25, 0.3) is 11.6 Å². The molecule has 0 saturated heterocycles. The average Bonchev–Trinajstić information content (AvgIpc) is 3.50. The fourth-order valence-corrected chi connectivity index (χ4v) is 5.45. The van der Waals surface area contributed by atoms with Gasteiger partial charge < -0.3 is 31.1 Å². The molecular weight excluding hydrogens is 588 g/mol. The van der Waals surface area contributed by atoms with Crippen molar-refractivity contribution in [2.45, 2.75) is 38.8 Å². The SMILES string of the molecule is Cc1[nH]c(/C=C2\C(=O)Nc3ccc(C(=O)N[C@@H](Cc4ccccc4)C(=O)O)cc32)c(C)c1C(=O)N[C@@H](Cc1ccccc1)C(=O)O. The lowest BCUT2D eigenvalue weighted by molar-refractivity contribution is -0.140. The maximum Gasteiger partial charge on any atom is 0.326 e. The minimum absolute atomic E-state index is 0.0961. The van der Waals surface area contributed by atoms with Crippen molar-refractivity contribution in [1.29, 1.82) is 0 Å². The summed E-state index contributed by atoms with van der Waals surface area (Å²) in [6, 6.07) is 20.2. The van der Waals surface area contributed by atoms with Gasteiger partial charge in [-0.15, -0.1) is 0 Å². The van der Waals surface area contributed by atoms with Gasteiger partial charge in [-0.25, -0.2) is 9.59 Å². The molecule has 6 N–H and O–H groups in total. The van der Waals surface area contributed by atoms with E-state index in [4.69, 9.17) is 0 Å². The number of anilines is 1. The number of H-pyrrole nitrogens is 1. The molecule has 0 saturated carbocycles. The number of fused-ring (bicyclic) bond motifs is 1. The Morgan fingerprint density at radius 2 is 1.33 bits per heavy atom. The summed E-state index contributed by atoms with van der Waals surface area (Å²) in [4.78, 5) is 66.4. The summed E-state index contributed by atoms with van der Waals surface area (Å²) in [7, 11) is 0. The van der Waals surface area contributed by atoms with E-state index in [1.54, 1.807) is 74.5 Å². The molecule has 1 aliphatic rings. The molecule has 0 aliphatic carbocycles. The molecule has 2 atom stereocenters. The van der Waals surface area contributed by atoms with Crippen LogP contribution in [0.4, 0.5) is 5.69 Å². The number of nitrogens with one attached hydrogen (secondary N) is 4. The Hall–Kier alpha value is -5.97. The average molecular weight is 621 g/mol. The molecule has 0 unspecified atom stereocenters. The molecule has 2 heterocycles. The third-order valence-electron chi connectivity index (χ3n) is 7.83. The molecule has 4 aromatic rings. The van der Waals surface area contributed by atoms with Crippen molar-refractivity contribution < 1.29 is 34.2 Å². The lowest BCUT2D eigenvalue weighted by Crippen LogP contribution is -2.42. The maximum absolute atomic E-state index is 13.3. The van der Waals surface area contributed by atoms with E-state index < -0.39 is 41.7 Å². The Morgan fingerprint density at radius 1 is 0.783 bits per heavy atom. The van der Waals surface area contributed by atoms with Crippen molar-refractivity contribution in [3.05, 3.63) is 124 Å². The first-order valence-electron chi connectivity index (χ1n) is 14.5. The van der Waals surface area contributed by atoms with Gasteiger partial charge in [0.1, 0.15) is 12.1 Å². The Balaban J connectivity index is 1.38. The van der Waals surface area contributed by atoms with Crippen LogP contribution in [-0.2, 0) is 27.2 Å². The second-order valence-corrected chi connectivity index (χ2v) is 11.0. The molecule has 1 aliphatic heterocycles. The van der Waals surface area contributed by atoms with Crippen LogP contribution in [0.1, 0.15) is 54.4 Å². The molecule has 3 aromatic carbocycles. The van der Waals surface area contributed by atoms with Crippen molar-refractivity contribution in [2.75, 3.05) is 5.32 Å². The highest BCUT2D eigenvalue weighted by atomic mass is 16.4. The predicted octanol–water partition coefficient (Wildman–Crippen LogP) is 3.98. The van der Waals surface area contributed by atoms with Gasteiger partial charge in [0.25, 0.3) is 17.7 Å². The smallest absolute Gasteiger partial charge is 0.326 e. The molecule has 5 rings (SSSR count). The number of carbonyl (C=O) groups excluding carboxylic acids is 3. The number of carbonyl (C=O) groups is 5. The number of aromatic amines is 1. The van der Waals surface area contributed by atoms with Crippen LogP contribution in [0.5, 0.6) is 0 Å². The summed E-state index contributed by atoms with van der Waals surface area (Å²) in [5, 5.41) is 27.4. The monoisotopic (exact) mass is 620 g/mol. The zero-order chi connectivity index (χ0) is 33.0. The van der Waals surface area contributed by atoms with Crippen LogP contribution in [0.15, 0.2) is 78.9 Å². The molecule has 0 spiro atoms. The van der Waals surface area contributed by atoms with Crippen molar-refractivity contribution >= 4 is 47.0 Å². The van der Waals surface area contributed by atoms with Gasteiger partial charge in [0.15, 0.2) is 0 Å². The molecule has 46 heavy (non-hydrogen) atoms. The van der Waals surface area contributed by atoms with Crippen LogP contribution in [-0.4, -0.2) is 56.9 Å². The van der Waals surface area contributed by atoms with Gasteiger partial charge in [0, 0.05) is 41.0 Å². The van der Waals surface area contributed by atoms with E-state index >= 15 is 0 Å². The van der Waals surface area contributed by atoms with Gasteiger partial charge in [-0.05, 0) is 54.8 Å². The first kappa shape index (κ1) is 31.5. The number of amides is 3. The molecule has 0 bridgehead atoms. The number of carboxylic acids is 2. The summed E-state index contributed by atoms with van der Waals surface area (Å²) in [5.74, 6) is -3.95. The number of hydrogen-bond donors (Lipinski definition) is 6. The predicted molar refractivity (Wildman–Crippen MR) is 171 cm³/mol. The normalized spacial score (nSPS) is 14.2. The van der Waals surface area contributed by atoms with Crippen LogP contribution >= 0.6 is 0 Å². The Kier molecular flexibility index (Phi) is 9.13. The quantitative estimate of drug-likeness (QED) is 0.137. The van der Waals surface area contributed by atoms with Crippen LogP contribution < -0.4 is 16.0 Å². The van der Waals surface area contributed by atoms with Gasteiger partial charge in [0.05, 0.1) is 11.1 Å². The van der Waals surface area contributed by atoms with Crippen molar-refractivity contribution in [3.8, 4) is 0 Å². The fourth-order valence-electron chi connectivity index (χ4n) is 5.45. The largest absolute Gasteiger partial charge is 0.480 e. The number of hydrogen-bond acceptors (Lipinski definition) is 5. The molecule has 0 fully saturated rings. The summed E-state index contributed by atoms with van der Waals surface area (Å²) < 4.78 is 0. The highest BCUT2D eigenvalue weighted by Gasteiger charge is 2.29.